The van der Waals surface area contributed by atoms with Gasteiger partial charge in [0.05, 0.1) is 0 Å². The molecule has 1 unspecified atom stereocenters. The molecule has 9 heavy (non-hydrogen) atoms. The first-order chi connectivity index (χ1) is 3.91. The highest BCUT2D eigenvalue weighted by molar-refractivity contribution is 6.92. The van der Waals surface area contributed by atoms with Gasteiger partial charge in [0.15, 0.2) is 0 Å². The number of rotatable bonds is 4. The molecule has 0 N–H and O–H groups in total. The molecule has 0 fully saturated rings. The molecule has 0 aliphatic carbocycles. The van der Waals surface area contributed by atoms with Gasteiger partial charge in [0.1, 0.15) is 0 Å². The van der Waals surface area contributed by atoms with E-state index in [4.69, 9.17) is 5.53 Å². The molecule has 0 aromatic heterocycles. The molecule has 0 bridgehead atoms. The van der Waals surface area contributed by atoms with Crippen LogP contribution >= 0.6 is 9.90 Å². The molecule has 0 amide bonds. The second-order valence-electron chi connectivity index (χ2n) is 1.66. The van der Waals surface area contributed by atoms with Crippen LogP contribution in [0.3, 0.4) is 0 Å². The molecule has 0 heterocycles. The maximum absolute atomic E-state index is 7.82. The first kappa shape index (κ1) is 11.5. The highest BCUT2D eigenvalue weighted by Gasteiger charge is 1.79. The van der Waals surface area contributed by atoms with Gasteiger partial charge in [-0.3, -0.25) is 0 Å². The van der Waals surface area contributed by atoms with E-state index < -0.39 is 0 Å². The minimum atomic E-state index is 0. The molecule has 0 aliphatic rings. The van der Waals surface area contributed by atoms with E-state index in [9.17, 15) is 0 Å². The van der Waals surface area contributed by atoms with E-state index in [0.29, 0.717) is 6.54 Å². The summed E-state index contributed by atoms with van der Waals surface area (Å²) in [7, 11) is 0. The van der Waals surface area contributed by atoms with Crippen molar-refractivity contribution in [3.63, 3.8) is 0 Å². The Kier molecular flexibility index (Phi) is 13.7. The molecule has 0 radical (unpaired) electrons. The van der Waals surface area contributed by atoms with Crippen molar-refractivity contribution in [3.8, 4) is 0 Å². The lowest BCUT2D eigenvalue weighted by Gasteiger charge is -1.86. The fourth-order valence-electron chi connectivity index (χ4n) is 0.477. The van der Waals surface area contributed by atoms with Crippen molar-refractivity contribution in [2.45, 2.75) is 26.2 Å². The lowest BCUT2D eigenvalue weighted by molar-refractivity contribution is 0.725. The van der Waals surface area contributed by atoms with Crippen molar-refractivity contribution in [1.29, 1.82) is 0 Å². The maximum Gasteiger partial charge on any atom is 0.0257 e. The SMILES string of the molecule is CCCCCN=[N+]=[N-].P. The van der Waals surface area contributed by atoms with Gasteiger partial charge < -0.3 is 0 Å². The van der Waals surface area contributed by atoms with E-state index in [1.807, 2.05) is 0 Å². The van der Waals surface area contributed by atoms with Crippen LogP contribution in [0.4, 0.5) is 0 Å². The molecular weight excluding hydrogens is 133 g/mol. The zero-order chi connectivity index (χ0) is 6.24. The normalized spacial score (nSPS) is 7.22. The fraction of sp³-hybridized carbons (Fsp3) is 1.00. The maximum atomic E-state index is 7.82. The second kappa shape index (κ2) is 10.7. The predicted molar refractivity (Wildman–Crippen MR) is 44.6 cm³/mol. The molecule has 0 aromatic rings. The Bertz CT molecular complexity index is 88.2. The quantitative estimate of drug-likeness (QED) is 0.193. The van der Waals surface area contributed by atoms with E-state index in [1.54, 1.807) is 0 Å². The number of nitrogens with zero attached hydrogens (tertiary/aromatic N) is 3. The average Bonchev–Trinajstić information content (AvgIpc) is 1.81. The Hall–Kier alpha value is -0.260. The van der Waals surface area contributed by atoms with Crippen LogP contribution in [0.15, 0.2) is 5.11 Å². The first-order valence-corrected chi connectivity index (χ1v) is 2.92. The first-order valence-electron chi connectivity index (χ1n) is 2.92. The number of unbranched alkanes of at least 4 members (excludes halogenated alkanes) is 2. The van der Waals surface area contributed by atoms with Crippen molar-refractivity contribution < 1.29 is 0 Å². The van der Waals surface area contributed by atoms with Gasteiger partial charge in [-0.25, -0.2) is 0 Å². The van der Waals surface area contributed by atoms with Crippen molar-refractivity contribution >= 4 is 9.90 Å². The van der Waals surface area contributed by atoms with Crippen LogP contribution in [0.2, 0.25) is 0 Å². The zero-order valence-electron chi connectivity index (χ0n) is 5.88. The summed E-state index contributed by atoms with van der Waals surface area (Å²) in [5.74, 6) is 0. The predicted octanol–water partition coefficient (Wildman–Crippen LogP) is 2.55. The molecule has 0 saturated heterocycles. The van der Waals surface area contributed by atoms with Gasteiger partial charge >= 0.3 is 0 Å². The number of hydrogen-bond acceptors (Lipinski definition) is 1. The Morgan fingerprint density at radius 3 is 2.56 bits per heavy atom. The van der Waals surface area contributed by atoms with Crippen LogP contribution in [-0.2, 0) is 0 Å². The van der Waals surface area contributed by atoms with Gasteiger partial charge in [0.2, 0.25) is 0 Å². The summed E-state index contributed by atoms with van der Waals surface area (Å²) in [6.07, 6.45) is 3.38. The van der Waals surface area contributed by atoms with Crippen molar-refractivity contribution in [3.05, 3.63) is 10.4 Å². The van der Waals surface area contributed by atoms with Gasteiger partial charge in [-0.1, -0.05) is 24.9 Å². The molecule has 54 valence electrons. The molecular formula is C5H14N3P. The van der Waals surface area contributed by atoms with Crippen LogP contribution < -0.4 is 0 Å². The van der Waals surface area contributed by atoms with Gasteiger partial charge in [0, 0.05) is 11.5 Å². The average molecular weight is 147 g/mol. The highest BCUT2D eigenvalue weighted by Crippen LogP contribution is 1.92. The van der Waals surface area contributed by atoms with Crippen LogP contribution in [0.25, 0.3) is 10.4 Å². The smallest absolute Gasteiger partial charge is 0.0257 e. The minimum absolute atomic E-state index is 0. The standard InChI is InChI=1S/C5H11N3.H3P/c1-2-3-4-5-7-8-6;/h2-5H2,1H3;1H3. The molecule has 0 saturated carbocycles. The van der Waals surface area contributed by atoms with Crippen molar-refractivity contribution in [2.75, 3.05) is 6.54 Å². The molecule has 0 rings (SSSR count). The van der Waals surface area contributed by atoms with Gasteiger partial charge in [-0.15, -0.1) is 0 Å². The van der Waals surface area contributed by atoms with Crippen LogP contribution in [0, 0.1) is 0 Å². The Morgan fingerprint density at radius 1 is 1.44 bits per heavy atom. The summed E-state index contributed by atoms with van der Waals surface area (Å²) < 4.78 is 0. The van der Waals surface area contributed by atoms with E-state index >= 15 is 0 Å². The monoisotopic (exact) mass is 147 g/mol. The largest absolute Gasteiger partial charge is 0.153 e. The molecule has 0 aliphatic heterocycles. The van der Waals surface area contributed by atoms with E-state index in [1.165, 1.54) is 12.8 Å². The van der Waals surface area contributed by atoms with Crippen LogP contribution in [0.5, 0.6) is 0 Å². The third kappa shape index (κ3) is 11.4. The molecule has 1 atom stereocenters. The lowest BCUT2D eigenvalue weighted by Crippen LogP contribution is -1.76. The Labute approximate surface area is 59.1 Å². The molecule has 3 nitrogen and oxygen atoms in total. The summed E-state index contributed by atoms with van der Waals surface area (Å²) >= 11 is 0. The number of azide groups is 1. The summed E-state index contributed by atoms with van der Waals surface area (Å²) in [5, 5.41) is 3.39. The molecule has 0 spiro atoms. The fourth-order valence-corrected chi connectivity index (χ4v) is 0.477. The topological polar surface area (TPSA) is 48.8 Å². The Morgan fingerprint density at radius 2 is 2.11 bits per heavy atom. The van der Waals surface area contributed by atoms with Crippen LogP contribution in [0.1, 0.15) is 26.2 Å². The third-order valence-electron chi connectivity index (χ3n) is 0.925. The molecule has 0 aromatic carbocycles. The minimum Gasteiger partial charge on any atom is -0.153 e. The second-order valence-corrected chi connectivity index (χ2v) is 1.66. The zero-order valence-corrected chi connectivity index (χ0v) is 7.29. The van der Waals surface area contributed by atoms with Gasteiger partial charge in [-0.2, -0.15) is 9.90 Å². The van der Waals surface area contributed by atoms with Gasteiger partial charge in [-0.05, 0) is 12.0 Å². The summed E-state index contributed by atoms with van der Waals surface area (Å²) in [5.41, 5.74) is 7.82. The Balaban J connectivity index is 0. The third-order valence-corrected chi connectivity index (χ3v) is 0.925. The van der Waals surface area contributed by atoms with E-state index in [0.717, 1.165) is 6.42 Å². The van der Waals surface area contributed by atoms with Crippen molar-refractivity contribution in [1.82, 2.24) is 0 Å². The van der Waals surface area contributed by atoms with Gasteiger partial charge in [0.25, 0.3) is 0 Å². The summed E-state index contributed by atoms with van der Waals surface area (Å²) in [6.45, 7) is 2.78. The van der Waals surface area contributed by atoms with Crippen LogP contribution in [-0.4, -0.2) is 6.54 Å². The summed E-state index contributed by atoms with van der Waals surface area (Å²) in [4.78, 5) is 2.63. The lowest BCUT2D eigenvalue weighted by atomic mass is 10.3. The van der Waals surface area contributed by atoms with E-state index in [-0.39, 0.29) is 9.90 Å². The number of hydrogen-bond donors (Lipinski definition) is 0. The summed E-state index contributed by atoms with van der Waals surface area (Å²) in [6, 6.07) is 0. The highest BCUT2D eigenvalue weighted by atomic mass is 31.0. The molecule has 4 heteroatoms. The van der Waals surface area contributed by atoms with Crippen molar-refractivity contribution in [2.24, 2.45) is 5.11 Å². The van der Waals surface area contributed by atoms with E-state index in [2.05, 4.69) is 16.9 Å².